The second-order valence-electron chi connectivity index (χ2n) is 3.41. The van der Waals surface area contributed by atoms with Crippen molar-refractivity contribution in [1.29, 1.82) is 0 Å². The predicted octanol–water partition coefficient (Wildman–Crippen LogP) is 1.45. The van der Waals surface area contributed by atoms with Crippen LogP contribution in [0.1, 0.15) is 6.42 Å². The zero-order chi connectivity index (χ0) is 12.8. The number of halogens is 1. The Morgan fingerprint density at radius 2 is 1.94 bits per heavy atom. The summed E-state index contributed by atoms with van der Waals surface area (Å²) >= 11 is 0. The van der Waals surface area contributed by atoms with E-state index in [9.17, 15) is 14.0 Å². The summed E-state index contributed by atoms with van der Waals surface area (Å²) in [4.78, 5) is 23.1. The van der Waals surface area contributed by atoms with Crippen LogP contribution in [0.15, 0.2) is 24.3 Å². The van der Waals surface area contributed by atoms with Gasteiger partial charge in [-0.2, -0.15) is 0 Å². The summed E-state index contributed by atoms with van der Waals surface area (Å²) in [6.45, 7) is 0.0553. The lowest BCUT2D eigenvalue weighted by Gasteiger charge is -2.17. The molecule has 17 heavy (non-hydrogen) atoms. The molecule has 0 atom stereocenters. The molecule has 0 radical (unpaired) electrons. The van der Waals surface area contributed by atoms with E-state index in [2.05, 4.69) is 5.32 Å². The first kappa shape index (κ1) is 13.0. The molecular weight excluding hydrogens is 227 g/mol. The Balaban J connectivity index is 2.51. The Hall–Kier alpha value is -2.11. The smallest absolute Gasteiger partial charge is 0.321 e. The van der Waals surface area contributed by atoms with Crippen molar-refractivity contribution in [1.82, 2.24) is 5.32 Å². The molecule has 0 saturated carbocycles. The third-order valence-corrected chi connectivity index (χ3v) is 2.13. The Bertz CT molecular complexity index is 406. The van der Waals surface area contributed by atoms with E-state index in [1.54, 1.807) is 0 Å². The van der Waals surface area contributed by atoms with Crippen molar-refractivity contribution in [3.8, 4) is 0 Å². The van der Waals surface area contributed by atoms with Crippen LogP contribution in [0.3, 0.4) is 0 Å². The molecular formula is C11H13FN2O3. The van der Waals surface area contributed by atoms with Crippen molar-refractivity contribution in [2.75, 3.05) is 18.5 Å². The van der Waals surface area contributed by atoms with Crippen molar-refractivity contribution in [2.24, 2.45) is 0 Å². The van der Waals surface area contributed by atoms with Crippen molar-refractivity contribution in [2.45, 2.75) is 6.42 Å². The highest BCUT2D eigenvalue weighted by atomic mass is 19.1. The first-order chi connectivity index (χ1) is 8.00. The van der Waals surface area contributed by atoms with Crippen LogP contribution in [0.25, 0.3) is 0 Å². The number of anilines is 1. The summed E-state index contributed by atoms with van der Waals surface area (Å²) in [5.41, 5.74) is 0.527. The lowest BCUT2D eigenvalue weighted by atomic mass is 10.3. The lowest BCUT2D eigenvalue weighted by molar-refractivity contribution is -0.136. The zero-order valence-corrected chi connectivity index (χ0v) is 9.31. The summed E-state index contributed by atoms with van der Waals surface area (Å²) in [5, 5.41) is 10.8. The summed E-state index contributed by atoms with van der Waals surface area (Å²) in [6, 6.07) is 4.99. The third-order valence-electron chi connectivity index (χ3n) is 2.13. The number of carboxylic acids is 1. The van der Waals surface area contributed by atoms with Gasteiger partial charge in [-0.3, -0.25) is 9.69 Å². The molecule has 6 heteroatoms. The number of aliphatic carboxylic acids is 1. The number of benzene rings is 1. The molecule has 0 fully saturated rings. The van der Waals surface area contributed by atoms with Crippen LogP contribution in [0.5, 0.6) is 0 Å². The molecule has 0 aliphatic carbocycles. The number of amides is 2. The van der Waals surface area contributed by atoms with E-state index >= 15 is 0 Å². The molecule has 1 aromatic carbocycles. The number of hydrogen-bond donors (Lipinski definition) is 2. The van der Waals surface area contributed by atoms with Gasteiger partial charge in [0, 0.05) is 19.3 Å². The number of carbonyl (C=O) groups is 2. The largest absolute Gasteiger partial charge is 0.481 e. The maximum atomic E-state index is 12.7. The molecule has 0 saturated heterocycles. The van der Waals surface area contributed by atoms with Gasteiger partial charge in [0.15, 0.2) is 0 Å². The number of nitrogens with one attached hydrogen (secondary N) is 1. The number of hydrogen-bond acceptors (Lipinski definition) is 2. The molecule has 2 N–H and O–H groups in total. The van der Waals surface area contributed by atoms with Crippen molar-refractivity contribution >= 4 is 17.7 Å². The molecule has 0 aliphatic heterocycles. The van der Waals surface area contributed by atoms with Gasteiger partial charge in [-0.05, 0) is 24.3 Å². The minimum atomic E-state index is -0.977. The maximum Gasteiger partial charge on any atom is 0.321 e. The standard InChI is InChI=1S/C11H13FN2O3/c1-14(9-4-2-8(12)3-5-9)11(17)13-7-6-10(15)16/h2-5H,6-7H2,1H3,(H,13,17)(H,15,16). The average Bonchev–Trinajstić information content (AvgIpc) is 2.28. The molecule has 5 nitrogen and oxygen atoms in total. The van der Waals surface area contributed by atoms with Gasteiger partial charge in [-0.25, -0.2) is 9.18 Å². The van der Waals surface area contributed by atoms with E-state index in [4.69, 9.17) is 5.11 Å². The van der Waals surface area contributed by atoms with Crippen molar-refractivity contribution in [3.05, 3.63) is 30.1 Å². The van der Waals surface area contributed by atoms with E-state index in [0.29, 0.717) is 5.69 Å². The number of nitrogens with zero attached hydrogens (tertiary/aromatic N) is 1. The first-order valence-corrected chi connectivity index (χ1v) is 4.99. The van der Waals surface area contributed by atoms with Crippen LogP contribution in [0.4, 0.5) is 14.9 Å². The number of carboxylic acid groups (broad SMARTS) is 1. The fraction of sp³-hybridized carbons (Fsp3) is 0.273. The van der Waals surface area contributed by atoms with Gasteiger partial charge < -0.3 is 10.4 Å². The highest BCUT2D eigenvalue weighted by Crippen LogP contribution is 2.12. The Morgan fingerprint density at radius 3 is 2.47 bits per heavy atom. The number of carbonyl (C=O) groups excluding carboxylic acids is 1. The van der Waals surface area contributed by atoms with E-state index in [0.717, 1.165) is 0 Å². The quantitative estimate of drug-likeness (QED) is 0.836. The highest BCUT2D eigenvalue weighted by Gasteiger charge is 2.10. The van der Waals surface area contributed by atoms with Crippen LogP contribution in [0, 0.1) is 5.82 Å². The number of rotatable bonds is 4. The molecule has 92 valence electrons. The van der Waals surface area contributed by atoms with Crippen LogP contribution >= 0.6 is 0 Å². The monoisotopic (exact) mass is 240 g/mol. The van der Waals surface area contributed by atoms with Gasteiger partial charge in [0.1, 0.15) is 5.82 Å². The summed E-state index contributed by atoms with van der Waals surface area (Å²) in [6.07, 6.45) is -0.136. The summed E-state index contributed by atoms with van der Waals surface area (Å²) in [5.74, 6) is -1.36. The average molecular weight is 240 g/mol. The van der Waals surface area contributed by atoms with Gasteiger partial charge in [0.05, 0.1) is 6.42 Å². The maximum absolute atomic E-state index is 12.7. The minimum absolute atomic E-state index is 0.0553. The highest BCUT2D eigenvalue weighted by molar-refractivity contribution is 5.91. The van der Waals surface area contributed by atoms with Gasteiger partial charge in [0.25, 0.3) is 0 Å². The second kappa shape index (κ2) is 5.83. The fourth-order valence-corrected chi connectivity index (χ4v) is 1.18. The summed E-state index contributed by atoms with van der Waals surface area (Å²) in [7, 11) is 1.52. The molecule has 0 spiro atoms. The van der Waals surface area contributed by atoms with E-state index in [1.807, 2.05) is 0 Å². The van der Waals surface area contributed by atoms with Gasteiger partial charge in [-0.1, -0.05) is 0 Å². The SMILES string of the molecule is CN(C(=O)NCCC(=O)O)c1ccc(F)cc1. The van der Waals surface area contributed by atoms with Crippen LogP contribution in [0.2, 0.25) is 0 Å². The van der Waals surface area contributed by atoms with E-state index in [-0.39, 0.29) is 18.8 Å². The Morgan fingerprint density at radius 1 is 1.35 bits per heavy atom. The fourth-order valence-electron chi connectivity index (χ4n) is 1.18. The second-order valence-corrected chi connectivity index (χ2v) is 3.41. The molecule has 1 rings (SSSR count). The van der Waals surface area contributed by atoms with Gasteiger partial charge >= 0.3 is 12.0 Å². The van der Waals surface area contributed by atoms with Crippen LogP contribution in [-0.4, -0.2) is 30.7 Å². The molecule has 1 aromatic rings. The first-order valence-electron chi connectivity index (χ1n) is 4.99. The van der Waals surface area contributed by atoms with Crippen molar-refractivity contribution in [3.63, 3.8) is 0 Å². The molecule has 0 unspecified atom stereocenters. The van der Waals surface area contributed by atoms with Crippen LogP contribution < -0.4 is 10.2 Å². The minimum Gasteiger partial charge on any atom is -0.481 e. The predicted molar refractivity (Wildman–Crippen MR) is 60.5 cm³/mol. The molecule has 0 bridgehead atoms. The zero-order valence-electron chi connectivity index (χ0n) is 9.31. The van der Waals surface area contributed by atoms with Gasteiger partial charge in [0.2, 0.25) is 0 Å². The summed E-state index contributed by atoms with van der Waals surface area (Å²) < 4.78 is 12.7. The molecule has 0 aliphatic rings. The third kappa shape index (κ3) is 4.10. The molecule has 2 amide bonds. The van der Waals surface area contributed by atoms with Crippen molar-refractivity contribution < 1.29 is 19.1 Å². The topological polar surface area (TPSA) is 69.6 Å². The van der Waals surface area contributed by atoms with E-state index < -0.39 is 12.0 Å². The molecule has 0 heterocycles. The normalized spacial score (nSPS) is 9.76. The number of urea groups is 1. The Labute approximate surface area is 97.8 Å². The Kier molecular flexibility index (Phi) is 4.45. The molecule has 0 aromatic heterocycles. The lowest BCUT2D eigenvalue weighted by Crippen LogP contribution is -2.38. The van der Waals surface area contributed by atoms with E-state index in [1.165, 1.54) is 36.2 Å². The van der Waals surface area contributed by atoms with Gasteiger partial charge in [-0.15, -0.1) is 0 Å². The van der Waals surface area contributed by atoms with Crippen LogP contribution in [-0.2, 0) is 4.79 Å².